The van der Waals surface area contributed by atoms with Gasteiger partial charge in [0.15, 0.2) is 4.34 Å². The highest BCUT2D eigenvalue weighted by atomic mass is 32.2. The first kappa shape index (κ1) is 11.2. The number of hydrogen-bond donors (Lipinski definition) is 0. The third kappa shape index (κ3) is 2.38. The molecule has 88 valence electrons. The minimum absolute atomic E-state index is 0.143. The highest BCUT2D eigenvalue weighted by Gasteiger charge is 2.24. The van der Waals surface area contributed by atoms with Crippen LogP contribution in [0.25, 0.3) is 10.2 Å². The van der Waals surface area contributed by atoms with Gasteiger partial charge in [0.1, 0.15) is 5.78 Å². The smallest absolute Gasteiger partial charge is 0.151 e. The van der Waals surface area contributed by atoms with Crippen LogP contribution in [0, 0.1) is 0 Å². The van der Waals surface area contributed by atoms with Gasteiger partial charge in [0.2, 0.25) is 0 Å². The molecule has 17 heavy (non-hydrogen) atoms. The topological polar surface area (TPSA) is 30.0 Å². The zero-order chi connectivity index (χ0) is 11.7. The number of carbonyl (C=O) groups is 1. The summed E-state index contributed by atoms with van der Waals surface area (Å²) in [4.78, 5) is 16.3. The molecule has 1 aromatic carbocycles. The fourth-order valence-electron chi connectivity index (χ4n) is 2.10. The largest absolute Gasteiger partial charge is 0.298 e. The van der Waals surface area contributed by atoms with E-state index in [-0.39, 0.29) is 5.25 Å². The van der Waals surface area contributed by atoms with Crippen molar-refractivity contribution < 1.29 is 4.79 Å². The van der Waals surface area contributed by atoms with E-state index in [0.717, 1.165) is 29.1 Å². The Kier molecular flexibility index (Phi) is 3.16. The molecule has 1 saturated carbocycles. The average molecular weight is 263 g/mol. The summed E-state index contributed by atoms with van der Waals surface area (Å²) >= 11 is 3.35. The molecule has 1 fully saturated rings. The van der Waals surface area contributed by atoms with Crippen LogP contribution in [-0.4, -0.2) is 16.0 Å². The Balaban J connectivity index is 1.82. The van der Waals surface area contributed by atoms with Gasteiger partial charge in [0.05, 0.1) is 15.5 Å². The fourth-order valence-corrected chi connectivity index (χ4v) is 4.53. The summed E-state index contributed by atoms with van der Waals surface area (Å²) in [7, 11) is 0. The monoisotopic (exact) mass is 263 g/mol. The molecule has 2 aromatic rings. The minimum Gasteiger partial charge on any atom is -0.298 e. The molecule has 0 bridgehead atoms. The van der Waals surface area contributed by atoms with Crippen LogP contribution in [-0.2, 0) is 4.79 Å². The Bertz CT molecular complexity index is 516. The lowest BCUT2D eigenvalue weighted by molar-refractivity contribution is -0.119. The first-order valence-electron chi connectivity index (χ1n) is 5.88. The maximum Gasteiger partial charge on any atom is 0.151 e. The molecule has 2 nitrogen and oxygen atoms in total. The van der Waals surface area contributed by atoms with Crippen LogP contribution < -0.4 is 0 Å². The molecular formula is C13H13NOS2. The lowest BCUT2D eigenvalue weighted by Gasteiger charge is -2.18. The first-order chi connectivity index (χ1) is 8.33. The Hall–Kier alpha value is -0.870. The van der Waals surface area contributed by atoms with Gasteiger partial charge in [-0.25, -0.2) is 4.98 Å². The summed E-state index contributed by atoms with van der Waals surface area (Å²) in [6.07, 6.45) is 4.01. The molecule has 0 amide bonds. The second-order valence-electron chi connectivity index (χ2n) is 4.27. The van der Waals surface area contributed by atoms with E-state index in [0.29, 0.717) is 5.78 Å². The van der Waals surface area contributed by atoms with Crippen LogP contribution in [0.1, 0.15) is 25.7 Å². The first-order valence-corrected chi connectivity index (χ1v) is 7.57. The molecular weight excluding hydrogens is 250 g/mol. The normalized spacial score (nSPS) is 20.9. The zero-order valence-corrected chi connectivity index (χ0v) is 11.0. The Morgan fingerprint density at radius 2 is 2.18 bits per heavy atom. The average Bonchev–Trinajstić information content (AvgIpc) is 2.74. The molecule has 0 aliphatic heterocycles. The van der Waals surface area contributed by atoms with Crippen molar-refractivity contribution in [1.82, 2.24) is 4.98 Å². The number of fused-ring (bicyclic) bond motifs is 1. The molecule has 1 atom stereocenters. The van der Waals surface area contributed by atoms with Gasteiger partial charge in [-0.05, 0) is 25.0 Å². The van der Waals surface area contributed by atoms with Crippen molar-refractivity contribution in [2.75, 3.05) is 0 Å². The number of thiazole rings is 1. The summed E-state index contributed by atoms with van der Waals surface area (Å²) in [6.45, 7) is 0. The van der Waals surface area contributed by atoms with E-state index in [1.165, 1.54) is 11.1 Å². The second kappa shape index (κ2) is 4.78. The van der Waals surface area contributed by atoms with E-state index in [2.05, 4.69) is 11.1 Å². The van der Waals surface area contributed by atoms with E-state index in [9.17, 15) is 4.79 Å². The minimum atomic E-state index is 0.143. The predicted molar refractivity (Wildman–Crippen MR) is 72.7 cm³/mol. The van der Waals surface area contributed by atoms with Crippen molar-refractivity contribution in [2.45, 2.75) is 35.3 Å². The molecule has 1 aliphatic carbocycles. The molecule has 1 heterocycles. The number of Topliss-reactive ketones (excluding diaryl/α,β-unsaturated/α-hetero) is 1. The van der Waals surface area contributed by atoms with Gasteiger partial charge in [-0.2, -0.15) is 0 Å². The maximum atomic E-state index is 11.8. The predicted octanol–water partition coefficient (Wildman–Crippen LogP) is 3.90. The Labute approximate surface area is 108 Å². The van der Waals surface area contributed by atoms with Crippen molar-refractivity contribution in [3.05, 3.63) is 24.3 Å². The fraction of sp³-hybridized carbons (Fsp3) is 0.385. The van der Waals surface area contributed by atoms with Gasteiger partial charge in [0.25, 0.3) is 0 Å². The van der Waals surface area contributed by atoms with Crippen LogP contribution >= 0.6 is 23.1 Å². The second-order valence-corrected chi connectivity index (χ2v) is 6.75. The van der Waals surface area contributed by atoms with Gasteiger partial charge >= 0.3 is 0 Å². The molecule has 4 heteroatoms. The third-order valence-corrected chi connectivity index (χ3v) is 5.46. The summed E-state index contributed by atoms with van der Waals surface area (Å²) in [6, 6.07) is 8.14. The van der Waals surface area contributed by atoms with Crippen LogP contribution in [0.3, 0.4) is 0 Å². The number of hydrogen-bond acceptors (Lipinski definition) is 4. The number of thioether (sulfide) groups is 1. The summed E-state index contributed by atoms with van der Waals surface area (Å²) in [5, 5.41) is 0.143. The van der Waals surface area contributed by atoms with Crippen LogP contribution in [0.2, 0.25) is 0 Å². The SMILES string of the molecule is O=C1CCCC[C@@H]1Sc1nc2ccccc2s1. The van der Waals surface area contributed by atoms with E-state index < -0.39 is 0 Å². The third-order valence-electron chi connectivity index (χ3n) is 3.02. The van der Waals surface area contributed by atoms with Gasteiger partial charge in [-0.1, -0.05) is 30.3 Å². The van der Waals surface area contributed by atoms with Crippen LogP contribution in [0.15, 0.2) is 28.6 Å². The number of ketones is 1. The number of nitrogens with zero attached hydrogens (tertiary/aromatic N) is 1. The molecule has 0 unspecified atom stereocenters. The highest BCUT2D eigenvalue weighted by Crippen LogP contribution is 2.36. The van der Waals surface area contributed by atoms with E-state index in [4.69, 9.17) is 0 Å². The van der Waals surface area contributed by atoms with Crippen molar-refractivity contribution in [2.24, 2.45) is 0 Å². The molecule has 0 saturated heterocycles. The van der Waals surface area contributed by atoms with Crippen LogP contribution in [0.4, 0.5) is 0 Å². The molecule has 0 radical (unpaired) electrons. The number of carbonyl (C=O) groups excluding carboxylic acids is 1. The molecule has 1 aromatic heterocycles. The maximum absolute atomic E-state index is 11.8. The molecule has 0 spiro atoms. The van der Waals surface area contributed by atoms with Crippen molar-refractivity contribution >= 4 is 39.1 Å². The van der Waals surface area contributed by atoms with Gasteiger partial charge < -0.3 is 0 Å². The Morgan fingerprint density at radius 1 is 1.29 bits per heavy atom. The summed E-state index contributed by atoms with van der Waals surface area (Å²) in [5.74, 6) is 0.403. The van der Waals surface area contributed by atoms with Crippen molar-refractivity contribution in [3.8, 4) is 0 Å². The number of para-hydroxylation sites is 1. The van der Waals surface area contributed by atoms with E-state index in [1.807, 2.05) is 18.2 Å². The lowest BCUT2D eigenvalue weighted by Crippen LogP contribution is -2.20. The standard InChI is InChI=1S/C13H13NOS2/c15-10-6-2-4-8-12(10)17-13-14-9-5-1-3-7-11(9)16-13/h1,3,5,7,12H,2,4,6,8H2/t12-/m0/s1. The van der Waals surface area contributed by atoms with E-state index >= 15 is 0 Å². The van der Waals surface area contributed by atoms with Crippen molar-refractivity contribution in [3.63, 3.8) is 0 Å². The Morgan fingerprint density at radius 3 is 3.00 bits per heavy atom. The van der Waals surface area contributed by atoms with Crippen LogP contribution in [0.5, 0.6) is 0 Å². The number of rotatable bonds is 2. The number of benzene rings is 1. The number of aromatic nitrogens is 1. The molecule has 3 rings (SSSR count). The van der Waals surface area contributed by atoms with Gasteiger partial charge in [-0.3, -0.25) is 4.79 Å². The molecule has 1 aliphatic rings. The quantitative estimate of drug-likeness (QED) is 0.823. The highest BCUT2D eigenvalue weighted by molar-refractivity contribution is 8.02. The summed E-state index contributed by atoms with van der Waals surface area (Å²) in [5.41, 5.74) is 1.04. The van der Waals surface area contributed by atoms with Crippen molar-refractivity contribution in [1.29, 1.82) is 0 Å². The molecule has 0 N–H and O–H groups in total. The zero-order valence-electron chi connectivity index (χ0n) is 9.39. The van der Waals surface area contributed by atoms with Gasteiger partial charge in [-0.15, -0.1) is 11.3 Å². The lowest BCUT2D eigenvalue weighted by atomic mass is 9.99. The van der Waals surface area contributed by atoms with Gasteiger partial charge in [0, 0.05) is 6.42 Å². The summed E-state index contributed by atoms with van der Waals surface area (Å²) < 4.78 is 2.24. The van der Waals surface area contributed by atoms with E-state index in [1.54, 1.807) is 23.1 Å².